The first kappa shape index (κ1) is 16.2. The highest BCUT2D eigenvalue weighted by atomic mass is 32.1. The molecule has 24 heavy (non-hydrogen) atoms. The van der Waals surface area contributed by atoms with E-state index in [9.17, 15) is 9.90 Å². The van der Waals surface area contributed by atoms with Crippen molar-refractivity contribution >= 4 is 17.4 Å². The number of carbonyl (C=O) groups is 1. The molecule has 0 aliphatic carbocycles. The van der Waals surface area contributed by atoms with Gasteiger partial charge in [-0.1, -0.05) is 18.2 Å². The van der Waals surface area contributed by atoms with E-state index in [1.54, 1.807) is 0 Å². The van der Waals surface area contributed by atoms with Crippen LogP contribution in [0.4, 0.5) is 4.79 Å². The Hall–Kier alpha value is -2.64. The fourth-order valence-corrected chi connectivity index (χ4v) is 2.81. The number of rotatable bonds is 6. The highest BCUT2D eigenvalue weighted by Crippen LogP contribution is 2.18. The van der Waals surface area contributed by atoms with Gasteiger partial charge in [0.25, 0.3) is 0 Å². The van der Waals surface area contributed by atoms with Crippen molar-refractivity contribution in [2.45, 2.75) is 12.6 Å². The predicted octanol–water partition coefficient (Wildman–Crippen LogP) is 2.94. The Kier molecular flexibility index (Phi) is 5.25. The summed E-state index contributed by atoms with van der Waals surface area (Å²) in [6.45, 7) is 0.396. The maximum atomic E-state index is 11.8. The average Bonchev–Trinajstić information content (AvgIpc) is 3.30. The summed E-state index contributed by atoms with van der Waals surface area (Å²) in [5.41, 5.74) is 2.30. The predicted molar refractivity (Wildman–Crippen MR) is 91.5 cm³/mol. The van der Waals surface area contributed by atoms with E-state index in [1.165, 1.54) is 17.6 Å². The largest absolute Gasteiger partial charge is 0.444 e. The van der Waals surface area contributed by atoms with Crippen LogP contribution >= 0.6 is 11.3 Å². The summed E-state index contributed by atoms with van der Waals surface area (Å²) in [6, 6.07) is 11.0. The molecular weight excluding hydrogens is 326 g/mol. The molecular formula is C17H17N3O3S. The molecule has 7 heteroatoms. The molecule has 1 aromatic carbocycles. The maximum Gasteiger partial charge on any atom is 0.315 e. The third-order valence-electron chi connectivity index (χ3n) is 3.39. The van der Waals surface area contributed by atoms with Crippen molar-refractivity contribution in [3.05, 3.63) is 64.7 Å². The Bertz CT molecular complexity index is 772. The molecule has 3 aromatic rings. The summed E-state index contributed by atoms with van der Waals surface area (Å²) in [4.78, 5) is 16.1. The van der Waals surface area contributed by atoms with E-state index in [1.807, 2.05) is 47.2 Å². The van der Waals surface area contributed by atoms with Crippen LogP contribution in [0.25, 0.3) is 11.5 Å². The second-order valence-electron chi connectivity index (χ2n) is 5.15. The molecule has 3 rings (SSSR count). The van der Waals surface area contributed by atoms with Crippen molar-refractivity contribution in [1.82, 2.24) is 15.6 Å². The second-order valence-corrected chi connectivity index (χ2v) is 5.93. The Morgan fingerprint density at radius 2 is 2.08 bits per heavy atom. The SMILES string of the molecule is O=C(NCc1coc(-c2ccccc2)n1)NCC(O)c1ccsc1. The number of hydrogen-bond acceptors (Lipinski definition) is 5. The number of urea groups is 1. The summed E-state index contributed by atoms with van der Waals surface area (Å²) in [5.74, 6) is 0.515. The summed E-state index contributed by atoms with van der Waals surface area (Å²) >= 11 is 1.50. The molecule has 0 aliphatic heterocycles. The molecule has 0 aliphatic rings. The first-order valence-electron chi connectivity index (χ1n) is 7.44. The van der Waals surface area contributed by atoms with Crippen molar-refractivity contribution < 1.29 is 14.3 Å². The Labute approximate surface area is 143 Å². The molecule has 2 amide bonds. The molecule has 1 unspecified atom stereocenters. The molecule has 6 nitrogen and oxygen atoms in total. The fourth-order valence-electron chi connectivity index (χ4n) is 2.11. The molecule has 0 radical (unpaired) electrons. The first-order chi connectivity index (χ1) is 11.7. The Balaban J connectivity index is 1.46. The third kappa shape index (κ3) is 4.21. The van der Waals surface area contributed by atoms with Gasteiger partial charge in [0.1, 0.15) is 6.26 Å². The Morgan fingerprint density at radius 1 is 1.25 bits per heavy atom. The van der Waals surface area contributed by atoms with E-state index in [0.717, 1.165) is 11.1 Å². The normalized spacial score (nSPS) is 11.9. The number of aliphatic hydroxyl groups excluding tert-OH is 1. The van der Waals surface area contributed by atoms with Crippen LogP contribution in [0, 0.1) is 0 Å². The topological polar surface area (TPSA) is 87.4 Å². The van der Waals surface area contributed by atoms with Crippen LogP contribution in [0.15, 0.2) is 57.8 Å². The summed E-state index contributed by atoms with van der Waals surface area (Å²) in [7, 11) is 0. The van der Waals surface area contributed by atoms with Gasteiger partial charge >= 0.3 is 6.03 Å². The van der Waals surface area contributed by atoms with E-state index in [4.69, 9.17) is 4.42 Å². The number of amides is 2. The molecule has 2 heterocycles. The van der Waals surface area contributed by atoms with E-state index in [0.29, 0.717) is 11.6 Å². The number of aromatic nitrogens is 1. The smallest absolute Gasteiger partial charge is 0.315 e. The Morgan fingerprint density at radius 3 is 2.83 bits per heavy atom. The molecule has 0 saturated heterocycles. The molecule has 3 N–H and O–H groups in total. The van der Waals surface area contributed by atoms with Crippen LogP contribution in [0.2, 0.25) is 0 Å². The molecule has 0 saturated carbocycles. The lowest BCUT2D eigenvalue weighted by atomic mass is 10.2. The first-order valence-corrected chi connectivity index (χ1v) is 8.38. The van der Waals surface area contributed by atoms with Crippen molar-refractivity contribution in [2.24, 2.45) is 0 Å². The number of oxazole rings is 1. The summed E-state index contributed by atoms with van der Waals surface area (Å²) < 4.78 is 5.41. The highest BCUT2D eigenvalue weighted by Gasteiger charge is 2.11. The van der Waals surface area contributed by atoms with Gasteiger partial charge in [0.15, 0.2) is 0 Å². The van der Waals surface area contributed by atoms with E-state index >= 15 is 0 Å². The number of aliphatic hydroxyl groups is 1. The molecule has 0 spiro atoms. The highest BCUT2D eigenvalue weighted by molar-refractivity contribution is 7.07. The van der Waals surface area contributed by atoms with E-state index < -0.39 is 6.10 Å². The average molecular weight is 343 g/mol. The molecule has 124 valence electrons. The fraction of sp³-hybridized carbons (Fsp3) is 0.176. The number of thiophene rings is 1. The summed E-state index contributed by atoms with van der Waals surface area (Å²) in [6.07, 6.45) is 0.807. The van der Waals surface area contributed by atoms with Crippen molar-refractivity contribution in [1.29, 1.82) is 0 Å². The van der Waals surface area contributed by atoms with Gasteiger partial charge in [-0.25, -0.2) is 9.78 Å². The van der Waals surface area contributed by atoms with Gasteiger partial charge < -0.3 is 20.2 Å². The van der Waals surface area contributed by atoms with Gasteiger partial charge in [-0.3, -0.25) is 0 Å². The molecule has 0 bridgehead atoms. The van der Waals surface area contributed by atoms with Crippen molar-refractivity contribution in [3.63, 3.8) is 0 Å². The van der Waals surface area contributed by atoms with Gasteiger partial charge in [-0.15, -0.1) is 0 Å². The number of carbonyl (C=O) groups excluding carboxylic acids is 1. The quantitative estimate of drug-likeness (QED) is 0.642. The van der Waals surface area contributed by atoms with Gasteiger partial charge in [-0.05, 0) is 34.5 Å². The molecule has 0 fully saturated rings. The lowest BCUT2D eigenvalue weighted by molar-refractivity contribution is 0.173. The maximum absolute atomic E-state index is 11.8. The van der Waals surface area contributed by atoms with E-state index in [2.05, 4.69) is 15.6 Å². The third-order valence-corrected chi connectivity index (χ3v) is 4.09. The molecule has 2 aromatic heterocycles. The van der Waals surface area contributed by atoms with Crippen LogP contribution in [0.3, 0.4) is 0 Å². The van der Waals surface area contributed by atoms with Crippen molar-refractivity contribution in [3.8, 4) is 11.5 Å². The zero-order chi connectivity index (χ0) is 16.8. The van der Waals surface area contributed by atoms with E-state index in [-0.39, 0.29) is 19.1 Å². The van der Waals surface area contributed by atoms with Crippen LogP contribution in [0.5, 0.6) is 0 Å². The standard InChI is InChI=1S/C17H17N3O3S/c21-15(13-6-7-24-11-13)9-19-17(22)18-8-14-10-23-16(20-14)12-4-2-1-3-5-12/h1-7,10-11,15,21H,8-9H2,(H2,18,19,22). The van der Waals surface area contributed by atoms with Crippen molar-refractivity contribution in [2.75, 3.05) is 6.54 Å². The lowest BCUT2D eigenvalue weighted by Gasteiger charge is -2.10. The minimum atomic E-state index is -0.710. The van der Waals surface area contributed by atoms with Gasteiger partial charge in [0, 0.05) is 12.1 Å². The van der Waals surface area contributed by atoms with Crippen LogP contribution in [0.1, 0.15) is 17.4 Å². The monoisotopic (exact) mass is 343 g/mol. The van der Waals surface area contributed by atoms with Gasteiger partial charge in [-0.2, -0.15) is 11.3 Å². The zero-order valence-corrected chi connectivity index (χ0v) is 13.6. The van der Waals surface area contributed by atoms with Crippen LogP contribution in [-0.4, -0.2) is 22.7 Å². The lowest BCUT2D eigenvalue weighted by Crippen LogP contribution is -2.37. The van der Waals surface area contributed by atoms with Gasteiger partial charge in [0.05, 0.1) is 18.3 Å². The van der Waals surface area contributed by atoms with Crippen LogP contribution in [-0.2, 0) is 6.54 Å². The minimum Gasteiger partial charge on any atom is -0.444 e. The number of nitrogens with one attached hydrogen (secondary N) is 2. The van der Waals surface area contributed by atoms with Gasteiger partial charge in [0.2, 0.25) is 5.89 Å². The number of hydrogen-bond donors (Lipinski definition) is 3. The van der Waals surface area contributed by atoms with Crippen LogP contribution < -0.4 is 10.6 Å². The minimum absolute atomic E-state index is 0.149. The number of nitrogens with zero attached hydrogens (tertiary/aromatic N) is 1. The summed E-state index contributed by atoms with van der Waals surface area (Å²) in [5, 5.41) is 19.0. The molecule has 1 atom stereocenters. The zero-order valence-electron chi connectivity index (χ0n) is 12.8. The number of benzene rings is 1. The second kappa shape index (κ2) is 7.76.